The maximum absolute atomic E-state index is 12.6. The van der Waals surface area contributed by atoms with E-state index in [0.29, 0.717) is 35.0 Å². The number of ether oxygens (including phenoxy) is 1. The molecule has 1 aliphatic rings. The highest BCUT2D eigenvalue weighted by Gasteiger charge is 2.45. The van der Waals surface area contributed by atoms with E-state index >= 15 is 0 Å². The molecule has 0 atom stereocenters. The summed E-state index contributed by atoms with van der Waals surface area (Å²) >= 11 is 11.9. The van der Waals surface area contributed by atoms with Gasteiger partial charge in [-0.25, -0.2) is 13.1 Å². The van der Waals surface area contributed by atoms with Crippen molar-refractivity contribution in [1.82, 2.24) is 4.72 Å². The highest BCUT2D eigenvalue weighted by molar-refractivity contribution is 7.89. The van der Waals surface area contributed by atoms with Crippen LogP contribution in [0.4, 0.5) is 18.9 Å². The number of benzene rings is 2. The first-order chi connectivity index (χ1) is 13.8. The Bertz CT molecular complexity index is 1110. The van der Waals surface area contributed by atoms with Crippen molar-refractivity contribution in [3.63, 3.8) is 0 Å². The molecule has 2 aromatic rings. The summed E-state index contributed by atoms with van der Waals surface area (Å²) in [4.78, 5) is 9.36. The molecule has 0 amide bonds. The summed E-state index contributed by atoms with van der Waals surface area (Å²) in [6, 6.07) is 6.86. The molecule has 0 radical (unpaired) electrons. The molecular formula is C17H13Cl2F3N2O5S. The lowest BCUT2D eigenvalue weighted by molar-refractivity contribution is -0.388. The standard InChI is InChI=1S/C17H13Cl2F3N2O5S/c18-12-3-1-10(7-13(12)19)16(5-6-16)9-23-30(27,28)11-2-4-15(29-17(20,21)22)14(8-11)24(25)26/h1-4,7-8,23H,5-6,9H2. The van der Waals surface area contributed by atoms with Gasteiger partial charge in [0, 0.05) is 18.0 Å². The monoisotopic (exact) mass is 484 g/mol. The van der Waals surface area contributed by atoms with Crippen molar-refractivity contribution in [2.24, 2.45) is 0 Å². The fourth-order valence-corrected chi connectivity index (χ4v) is 4.32. The van der Waals surface area contributed by atoms with Gasteiger partial charge in [0.15, 0.2) is 0 Å². The van der Waals surface area contributed by atoms with Crippen LogP contribution in [-0.2, 0) is 15.4 Å². The Balaban J connectivity index is 1.82. The smallest absolute Gasteiger partial charge is 0.398 e. The highest BCUT2D eigenvalue weighted by Crippen LogP contribution is 2.49. The van der Waals surface area contributed by atoms with E-state index in [4.69, 9.17) is 23.2 Å². The van der Waals surface area contributed by atoms with Crippen molar-refractivity contribution in [1.29, 1.82) is 0 Å². The van der Waals surface area contributed by atoms with Crippen LogP contribution in [0.2, 0.25) is 10.0 Å². The minimum absolute atomic E-state index is 0.0259. The van der Waals surface area contributed by atoms with Crippen LogP contribution in [0.1, 0.15) is 18.4 Å². The summed E-state index contributed by atoms with van der Waals surface area (Å²) < 4.78 is 68.3. The molecule has 0 aromatic heterocycles. The average Bonchev–Trinajstić information content (AvgIpc) is 3.42. The van der Waals surface area contributed by atoms with Gasteiger partial charge in [0.25, 0.3) is 0 Å². The van der Waals surface area contributed by atoms with E-state index in [1.165, 1.54) is 0 Å². The van der Waals surface area contributed by atoms with Gasteiger partial charge in [0.1, 0.15) is 0 Å². The molecule has 30 heavy (non-hydrogen) atoms. The van der Waals surface area contributed by atoms with Gasteiger partial charge < -0.3 is 4.74 Å². The molecule has 0 spiro atoms. The van der Waals surface area contributed by atoms with E-state index in [1.54, 1.807) is 18.2 Å². The molecule has 7 nitrogen and oxygen atoms in total. The zero-order valence-electron chi connectivity index (χ0n) is 14.9. The van der Waals surface area contributed by atoms with Gasteiger partial charge in [-0.1, -0.05) is 29.3 Å². The van der Waals surface area contributed by atoms with Gasteiger partial charge in [-0.15, -0.1) is 13.2 Å². The van der Waals surface area contributed by atoms with Gasteiger partial charge in [-0.2, -0.15) is 0 Å². The summed E-state index contributed by atoms with van der Waals surface area (Å²) in [5.74, 6) is -1.11. The van der Waals surface area contributed by atoms with Gasteiger partial charge in [-0.3, -0.25) is 10.1 Å². The van der Waals surface area contributed by atoms with Crippen LogP contribution in [0.5, 0.6) is 5.75 Å². The minimum Gasteiger partial charge on any atom is -0.398 e. The van der Waals surface area contributed by atoms with Gasteiger partial charge >= 0.3 is 12.0 Å². The lowest BCUT2D eigenvalue weighted by Crippen LogP contribution is -2.32. The molecule has 13 heteroatoms. The second kappa shape index (κ2) is 7.88. The largest absolute Gasteiger partial charge is 0.573 e. The molecule has 3 rings (SSSR count). The topological polar surface area (TPSA) is 98.5 Å². The summed E-state index contributed by atoms with van der Waals surface area (Å²) in [6.45, 7) is -0.0259. The maximum atomic E-state index is 12.6. The summed E-state index contributed by atoms with van der Waals surface area (Å²) in [5.41, 5.74) is -0.854. The van der Waals surface area contributed by atoms with Crippen molar-refractivity contribution in [2.75, 3.05) is 6.54 Å². The number of rotatable bonds is 7. The second-order valence-electron chi connectivity index (χ2n) is 6.67. The molecule has 0 unspecified atom stereocenters. The molecule has 1 N–H and O–H groups in total. The molecule has 1 saturated carbocycles. The number of hydrogen-bond donors (Lipinski definition) is 1. The van der Waals surface area contributed by atoms with E-state index in [2.05, 4.69) is 9.46 Å². The number of nitrogens with zero attached hydrogens (tertiary/aromatic N) is 1. The Morgan fingerprint density at radius 3 is 2.33 bits per heavy atom. The number of hydrogen-bond acceptors (Lipinski definition) is 5. The number of nitrogens with one attached hydrogen (secondary N) is 1. The molecular weight excluding hydrogens is 472 g/mol. The number of alkyl halides is 3. The van der Waals surface area contributed by atoms with Crippen LogP contribution in [0, 0.1) is 10.1 Å². The van der Waals surface area contributed by atoms with Crippen LogP contribution in [0.15, 0.2) is 41.3 Å². The minimum atomic E-state index is -5.17. The van der Waals surface area contributed by atoms with Crippen molar-refractivity contribution in [3.05, 3.63) is 62.1 Å². The predicted octanol–water partition coefficient (Wildman–Crippen LogP) is 4.81. The van der Waals surface area contributed by atoms with Crippen LogP contribution >= 0.6 is 23.2 Å². The molecule has 1 fully saturated rings. The molecule has 1 aliphatic carbocycles. The van der Waals surface area contributed by atoms with Gasteiger partial charge in [-0.05, 0) is 42.7 Å². The van der Waals surface area contributed by atoms with Gasteiger partial charge in [0.2, 0.25) is 15.8 Å². The van der Waals surface area contributed by atoms with E-state index in [0.717, 1.165) is 11.6 Å². The maximum Gasteiger partial charge on any atom is 0.573 e. The average molecular weight is 485 g/mol. The van der Waals surface area contributed by atoms with Crippen LogP contribution in [0.25, 0.3) is 0 Å². The molecule has 0 bridgehead atoms. The molecule has 2 aromatic carbocycles. The quantitative estimate of drug-likeness (QED) is 0.449. The number of halogens is 5. The molecule has 0 aliphatic heterocycles. The summed E-state index contributed by atoms with van der Waals surface area (Å²) in [7, 11) is -4.25. The zero-order chi connectivity index (χ0) is 22.3. The Hall–Kier alpha value is -2.08. The Morgan fingerprint density at radius 1 is 1.13 bits per heavy atom. The summed E-state index contributed by atoms with van der Waals surface area (Å²) in [5, 5.41) is 11.7. The summed E-state index contributed by atoms with van der Waals surface area (Å²) in [6.07, 6.45) is -3.82. The molecule has 0 heterocycles. The number of nitro benzene ring substituents is 1. The zero-order valence-corrected chi connectivity index (χ0v) is 17.2. The van der Waals surface area contributed by atoms with E-state index < -0.39 is 43.1 Å². The van der Waals surface area contributed by atoms with E-state index in [1.807, 2.05) is 0 Å². The van der Waals surface area contributed by atoms with Crippen LogP contribution in [0.3, 0.4) is 0 Å². The van der Waals surface area contributed by atoms with Gasteiger partial charge in [0.05, 0.1) is 19.9 Å². The van der Waals surface area contributed by atoms with Crippen molar-refractivity contribution in [3.8, 4) is 5.75 Å². The Kier molecular flexibility index (Phi) is 5.93. The number of sulfonamides is 1. The van der Waals surface area contributed by atoms with Crippen molar-refractivity contribution in [2.45, 2.75) is 29.5 Å². The van der Waals surface area contributed by atoms with Crippen molar-refractivity contribution < 1.29 is 31.2 Å². The first-order valence-electron chi connectivity index (χ1n) is 8.32. The van der Waals surface area contributed by atoms with E-state index in [9.17, 15) is 31.7 Å². The SMILES string of the molecule is O=[N+]([O-])c1cc(S(=O)(=O)NCC2(c3ccc(Cl)c(Cl)c3)CC2)ccc1OC(F)(F)F. The fourth-order valence-electron chi connectivity index (χ4n) is 2.88. The normalized spacial score (nSPS) is 15.6. The highest BCUT2D eigenvalue weighted by atomic mass is 35.5. The Labute approximate surface area is 178 Å². The lowest BCUT2D eigenvalue weighted by Gasteiger charge is -2.17. The number of nitro groups is 1. The predicted molar refractivity (Wildman–Crippen MR) is 102 cm³/mol. The second-order valence-corrected chi connectivity index (χ2v) is 9.25. The fraction of sp³-hybridized carbons (Fsp3) is 0.294. The third-order valence-corrected chi connectivity index (χ3v) is 6.79. The lowest BCUT2D eigenvalue weighted by atomic mass is 9.96. The first kappa shape index (κ1) is 22.6. The van der Waals surface area contributed by atoms with Crippen LogP contribution < -0.4 is 9.46 Å². The van der Waals surface area contributed by atoms with Crippen molar-refractivity contribution >= 4 is 38.9 Å². The van der Waals surface area contributed by atoms with Crippen LogP contribution in [-0.4, -0.2) is 26.2 Å². The van der Waals surface area contributed by atoms with E-state index in [-0.39, 0.29) is 6.54 Å². The molecule has 0 saturated heterocycles. The first-order valence-corrected chi connectivity index (χ1v) is 10.6. The Morgan fingerprint density at radius 2 is 1.80 bits per heavy atom. The third-order valence-electron chi connectivity index (χ3n) is 4.65. The molecule has 162 valence electrons. The third kappa shape index (κ3) is 4.97.